The van der Waals surface area contributed by atoms with E-state index in [9.17, 15) is 18.3 Å². The van der Waals surface area contributed by atoms with E-state index in [-0.39, 0.29) is 11.3 Å². The Bertz CT molecular complexity index is 505. The summed E-state index contributed by atoms with van der Waals surface area (Å²) >= 11 is 0. The maximum atomic E-state index is 12.1. The van der Waals surface area contributed by atoms with Gasteiger partial charge in [-0.2, -0.15) is 0 Å². The largest absolute Gasteiger partial charge is 0.861 e. The maximum Gasteiger partial charge on any atom is 0.573 e. The van der Waals surface area contributed by atoms with Gasteiger partial charge in [0.25, 0.3) is 0 Å². The minimum Gasteiger partial charge on any atom is -0.861 e. The summed E-state index contributed by atoms with van der Waals surface area (Å²) in [5, 5.41) is 20.9. The Morgan fingerprint density at radius 3 is 2.35 bits per heavy atom. The van der Waals surface area contributed by atoms with Crippen LogP contribution < -0.4 is 9.84 Å². The number of alkyl halides is 3. The van der Waals surface area contributed by atoms with Gasteiger partial charge in [0.1, 0.15) is 5.75 Å². The summed E-state index contributed by atoms with van der Waals surface area (Å²) in [4.78, 5) is 3.80. The summed E-state index contributed by atoms with van der Waals surface area (Å²) < 4.78 is 40.0. The van der Waals surface area contributed by atoms with Crippen LogP contribution in [-0.2, 0) is 6.61 Å². The van der Waals surface area contributed by atoms with Crippen molar-refractivity contribution in [2.24, 2.45) is 10.4 Å². The smallest absolute Gasteiger partial charge is 0.573 e. The van der Waals surface area contributed by atoms with Crippen molar-refractivity contribution in [3.05, 3.63) is 23.8 Å². The Hall–Kier alpha value is -1.76. The van der Waals surface area contributed by atoms with Gasteiger partial charge in [-0.1, -0.05) is 20.8 Å². The van der Waals surface area contributed by atoms with Crippen LogP contribution in [0.25, 0.3) is 0 Å². The van der Waals surface area contributed by atoms with E-state index in [1.54, 1.807) is 20.8 Å². The fourth-order valence-electron chi connectivity index (χ4n) is 1.27. The third kappa shape index (κ3) is 4.73. The van der Waals surface area contributed by atoms with Crippen LogP contribution in [0.1, 0.15) is 26.3 Å². The highest BCUT2D eigenvalue weighted by Crippen LogP contribution is 2.29. The lowest BCUT2D eigenvalue weighted by Crippen LogP contribution is -2.32. The van der Waals surface area contributed by atoms with Crippen molar-refractivity contribution < 1.29 is 28.1 Å². The zero-order chi connectivity index (χ0) is 15.6. The molecule has 1 rings (SSSR count). The van der Waals surface area contributed by atoms with Crippen LogP contribution in [0.15, 0.2) is 23.2 Å². The molecule has 0 aromatic heterocycles. The molecule has 7 heteroatoms. The number of halogens is 3. The van der Waals surface area contributed by atoms with Crippen molar-refractivity contribution in [3.8, 4) is 5.75 Å². The number of hydrogen-bond donors (Lipinski definition) is 1. The Labute approximate surface area is 114 Å². The summed E-state index contributed by atoms with van der Waals surface area (Å²) in [7, 11) is 0. The minimum atomic E-state index is -4.81. The SMILES string of the molecule is CC(C)(C)C([O-])=Nc1ccc(OC(F)(F)F)cc1CO. The number of rotatable bonds is 3. The van der Waals surface area contributed by atoms with Crippen LogP contribution >= 0.6 is 0 Å². The van der Waals surface area contributed by atoms with Gasteiger partial charge >= 0.3 is 6.36 Å². The molecular weight excluding hydrogens is 275 g/mol. The molecule has 1 aromatic carbocycles. The number of ether oxygens (including phenoxy) is 1. The van der Waals surface area contributed by atoms with Crippen molar-refractivity contribution in [1.82, 2.24) is 0 Å². The van der Waals surface area contributed by atoms with Gasteiger partial charge in [0.15, 0.2) is 0 Å². The number of benzene rings is 1. The molecule has 4 nitrogen and oxygen atoms in total. The third-order valence-corrected chi connectivity index (χ3v) is 2.32. The average Bonchev–Trinajstić information content (AvgIpc) is 2.27. The zero-order valence-electron chi connectivity index (χ0n) is 11.3. The highest BCUT2D eigenvalue weighted by molar-refractivity contribution is 5.80. The van der Waals surface area contributed by atoms with Crippen molar-refractivity contribution in [2.75, 3.05) is 0 Å². The molecule has 1 aromatic rings. The summed E-state index contributed by atoms with van der Waals surface area (Å²) in [6.07, 6.45) is -4.81. The molecule has 0 amide bonds. The van der Waals surface area contributed by atoms with Gasteiger partial charge in [-0.05, 0) is 29.5 Å². The second kappa shape index (κ2) is 5.70. The zero-order valence-corrected chi connectivity index (χ0v) is 11.3. The molecule has 0 spiro atoms. The molecule has 1 N–H and O–H groups in total. The molecule has 0 aliphatic rings. The molecule has 0 fully saturated rings. The third-order valence-electron chi connectivity index (χ3n) is 2.32. The molecule has 0 saturated carbocycles. The summed E-state index contributed by atoms with van der Waals surface area (Å²) in [6.45, 7) is 4.45. The first-order chi connectivity index (χ1) is 9.03. The Balaban J connectivity index is 3.12. The lowest BCUT2D eigenvalue weighted by atomic mass is 9.96. The summed E-state index contributed by atoms with van der Waals surface area (Å²) in [5.74, 6) is -0.902. The van der Waals surface area contributed by atoms with Gasteiger partial charge < -0.3 is 14.9 Å². The van der Waals surface area contributed by atoms with E-state index in [1.807, 2.05) is 0 Å². The molecule has 112 valence electrons. The van der Waals surface area contributed by atoms with E-state index in [4.69, 9.17) is 5.11 Å². The van der Waals surface area contributed by atoms with Gasteiger partial charge in [-0.3, -0.25) is 4.99 Å². The molecule has 0 aliphatic heterocycles. The molecule has 0 heterocycles. The Morgan fingerprint density at radius 1 is 1.30 bits per heavy atom. The van der Waals surface area contributed by atoms with Crippen LogP contribution in [0.3, 0.4) is 0 Å². The predicted molar refractivity (Wildman–Crippen MR) is 65.6 cm³/mol. The second-order valence-corrected chi connectivity index (χ2v) is 5.16. The normalized spacial score (nSPS) is 13.4. The maximum absolute atomic E-state index is 12.1. The van der Waals surface area contributed by atoms with Crippen molar-refractivity contribution in [2.45, 2.75) is 33.7 Å². The van der Waals surface area contributed by atoms with E-state index >= 15 is 0 Å². The van der Waals surface area contributed by atoms with Crippen LogP contribution in [0.4, 0.5) is 18.9 Å². The van der Waals surface area contributed by atoms with Gasteiger partial charge in [-0.25, -0.2) is 0 Å². The predicted octanol–water partition coefficient (Wildman–Crippen LogP) is 2.51. The van der Waals surface area contributed by atoms with E-state index in [1.165, 1.54) is 6.07 Å². The van der Waals surface area contributed by atoms with Crippen molar-refractivity contribution >= 4 is 11.6 Å². The number of nitrogens with zero attached hydrogens (tertiary/aromatic N) is 1. The van der Waals surface area contributed by atoms with E-state index in [0.29, 0.717) is 0 Å². The molecule has 0 radical (unpaired) electrons. The van der Waals surface area contributed by atoms with E-state index < -0.39 is 30.0 Å². The fraction of sp³-hybridized carbons (Fsp3) is 0.462. The molecule has 0 aliphatic carbocycles. The van der Waals surface area contributed by atoms with Gasteiger partial charge in [-0.15, -0.1) is 13.2 Å². The average molecular weight is 290 g/mol. The van der Waals surface area contributed by atoms with Crippen molar-refractivity contribution in [3.63, 3.8) is 0 Å². The van der Waals surface area contributed by atoms with Crippen LogP contribution in [0.5, 0.6) is 5.75 Å². The van der Waals surface area contributed by atoms with Crippen molar-refractivity contribution in [1.29, 1.82) is 0 Å². The second-order valence-electron chi connectivity index (χ2n) is 5.16. The lowest BCUT2D eigenvalue weighted by molar-refractivity contribution is -0.274. The first-order valence-corrected chi connectivity index (χ1v) is 5.78. The number of aliphatic imine (C=N–C) groups is 1. The van der Waals surface area contributed by atoms with E-state index in [2.05, 4.69) is 9.73 Å². The minimum absolute atomic E-state index is 0.0874. The van der Waals surface area contributed by atoms with Crippen LogP contribution in [0, 0.1) is 5.41 Å². The quantitative estimate of drug-likeness (QED) is 0.687. The van der Waals surface area contributed by atoms with Gasteiger partial charge in [0.2, 0.25) is 0 Å². The van der Waals surface area contributed by atoms with E-state index in [0.717, 1.165) is 12.1 Å². The Morgan fingerprint density at radius 2 is 1.90 bits per heavy atom. The first kappa shape index (κ1) is 16.3. The van der Waals surface area contributed by atoms with Crippen LogP contribution in [-0.4, -0.2) is 17.4 Å². The van der Waals surface area contributed by atoms with Crippen LogP contribution in [0.2, 0.25) is 0 Å². The number of aliphatic hydroxyl groups excluding tert-OH is 1. The number of hydrogen-bond acceptors (Lipinski definition) is 4. The highest BCUT2D eigenvalue weighted by atomic mass is 19.4. The summed E-state index contributed by atoms with van der Waals surface area (Å²) in [5.41, 5.74) is -0.500. The highest BCUT2D eigenvalue weighted by Gasteiger charge is 2.31. The number of aliphatic hydroxyl groups is 1. The van der Waals surface area contributed by atoms with Gasteiger partial charge in [0.05, 0.1) is 12.3 Å². The van der Waals surface area contributed by atoms with Gasteiger partial charge in [0, 0.05) is 5.56 Å². The standard InChI is InChI=1S/C13H16F3NO3/c1-12(2,3)11(19)17-10-5-4-9(6-8(10)7-18)20-13(14,15)16/h4-6,18H,7H2,1-3H3,(H,17,19)/p-1. The molecule has 0 bridgehead atoms. The lowest BCUT2D eigenvalue weighted by Gasteiger charge is -2.26. The molecule has 0 saturated heterocycles. The summed E-state index contributed by atoms with van der Waals surface area (Å²) in [6, 6.07) is 3.25. The first-order valence-electron chi connectivity index (χ1n) is 5.78. The molecule has 0 unspecified atom stereocenters. The molecule has 20 heavy (non-hydrogen) atoms. The fourth-order valence-corrected chi connectivity index (χ4v) is 1.27. The topological polar surface area (TPSA) is 64.9 Å². The Kier molecular flexibility index (Phi) is 4.65. The molecular formula is C13H15F3NO3-. The molecule has 0 atom stereocenters. The monoisotopic (exact) mass is 290 g/mol.